The molecule has 2 heteroatoms. The first kappa shape index (κ1) is 11.9. The van der Waals surface area contributed by atoms with Gasteiger partial charge in [-0.15, -0.1) is 0 Å². The van der Waals surface area contributed by atoms with Gasteiger partial charge in [0.25, 0.3) is 0 Å². The minimum Gasteiger partial charge on any atom is -0.297 e. The third-order valence-corrected chi connectivity index (χ3v) is 3.30. The Labute approximate surface area is 92.3 Å². The molecule has 80 valence electrons. The zero-order chi connectivity index (χ0) is 10.2. The number of rotatable bonds is 4. The van der Waals surface area contributed by atoms with E-state index in [-0.39, 0.29) is 0 Å². The van der Waals surface area contributed by atoms with E-state index in [1.165, 1.54) is 30.2 Å². The maximum atomic E-state index is 2.55. The molecule has 1 aliphatic heterocycles. The Kier molecular flexibility index (Phi) is 6.04. The molecule has 1 fully saturated rings. The summed E-state index contributed by atoms with van der Waals surface area (Å²) < 4.78 is 0. The first-order valence-corrected chi connectivity index (χ1v) is 6.64. The molecule has 0 aromatic rings. The van der Waals surface area contributed by atoms with Crippen LogP contribution in [0.4, 0.5) is 0 Å². The molecule has 1 rings (SSSR count). The fraction of sp³-hybridized carbons (Fsp3) is 0.667. The quantitative estimate of drug-likeness (QED) is 0.658. The standard InChI is InChI=1S/C12H21NS/c1-3-5-12(6-4-2)11-13-7-9-14-10-8-13/h3,5-6H,4,7-11H2,1-2H3. The average molecular weight is 211 g/mol. The van der Waals surface area contributed by atoms with E-state index in [1.54, 1.807) is 0 Å². The van der Waals surface area contributed by atoms with Crippen LogP contribution in [0.1, 0.15) is 20.3 Å². The third-order valence-electron chi connectivity index (χ3n) is 2.36. The van der Waals surface area contributed by atoms with Crippen molar-refractivity contribution in [1.82, 2.24) is 4.90 Å². The highest BCUT2D eigenvalue weighted by atomic mass is 32.2. The Balaban J connectivity index is 2.41. The first-order valence-electron chi connectivity index (χ1n) is 5.48. The zero-order valence-corrected chi connectivity index (χ0v) is 10.1. The van der Waals surface area contributed by atoms with E-state index in [0.29, 0.717) is 0 Å². The van der Waals surface area contributed by atoms with E-state index in [2.05, 4.69) is 48.7 Å². The molecule has 0 radical (unpaired) electrons. The smallest absolute Gasteiger partial charge is 0.0231 e. The van der Waals surface area contributed by atoms with Crippen molar-refractivity contribution in [2.24, 2.45) is 0 Å². The molecular weight excluding hydrogens is 190 g/mol. The number of nitrogens with zero attached hydrogens (tertiary/aromatic N) is 1. The van der Waals surface area contributed by atoms with Gasteiger partial charge in [0.2, 0.25) is 0 Å². The molecule has 0 aliphatic carbocycles. The van der Waals surface area contributed by atoms with Gasteiger partial charge in [0.1, 0.15) is 0 Å². The fourth-order valence-corrected chi connectivity index (χ4v) is 2.66. The number of thioether (sulfide) groups is 1. The minimum absolute atomic E-state index is 1.14. The Bertz CT molecular complexity index is 202. The molecule has 1 saturated heterocycles. The van der Waals surface area contributed by atoms with Crippen LogP contribution in [0.3, 0.4) is 0 Å². The lowest BCUT2D eigenvalue weighted by Gasteiger charge is -2.26. The maximum Gasteiger partial charge on any atom is 0.0231 e. The summed E-state index contributed by atoms with van der Waals surface area (Å²) in [6.07, 6.45) is 7.86. The molecule has 14 heavy (non-hydrogen) atoms. The molecule has 0 amide bonds. The van der Waals surface area contributed by atoms with Crippen LogP contribution in [-0.4, -0.2) is 36.0 Å². The highest BCUT2D eigenvalue weighted by Crippen LogP contribution is 2.11. The second-order valence-electron chi connectivity index (χ2n) is 3.58. The van der Waals surface area contributed by atoms with Gasteiger partial charge in [-0.05, 0) is 18.9 Å². The highest BCUT2D eigenvalue weighted by molar-refractivity contribution is 7.99. The number of allylic oxidation sites excluding steroid dienone is 2. The zero-order valence-electron chi connectivity index (χ0n) is 9.33. The van der Waals surface area contributed by atoms with E-state index in [9.17, 15) is 0 Å². The van der Waals surface area contributed by atoms with Crippen LogP contribution in [0.15, 0.2) is 23.8 Å². The lowest BCUT2D eigenvalue weighted by Crippen LogP contribution is -2.33. The molecule has 0 aromatic heterocycles. The van der Waals surface area contributed by atoms with Crippen molar-refractivity contribution in [2.45, 2.75) is 20.3 Å². The van der Waals surface area contributed by atoms with Crippen LogP contribution in [0.2, 0.25) is 0 Å². The Morgan fingerprint density at radius 2 is 2.07 bits per heavy atom. The molecule has 0 bridgehead atoms. The topological polar surface area (TPSA) is 3.24 Å². The van der Waals surface area contributed by atoms with Gasteiger partial charge < -0.3 is 0 Å². The minimum atomic E-state index is 1.14. The van der Waals surface area contributed by atoms with Gasteiger partial charge in [-0.2, -0.15) is 11.8 Å². The molecule has 0 spiro atoms. The van der Waals surface area contributed by atoms with Gasteiger partial charge in [0.15, 0.2) is 0 Å². The summed E-state index contributed by atoms with van der Waals surface area (Å²) in [5.41, 5.74) is 1.47. The van der Waals surface area contributed by atoms with Crippen molar-refractivity contribution in [3.05, 3.63) is 23.8 Å². The SMILES string of the molecule is CC=CC(=CCC)CN1CCSCC1. The molecule has 0 N–H and O–H groups in total. The van der Waals surface area contributed by atoms with Crippen LogP contribution in [0, 0.1) is 0 Å². The van der Waals surface area contributed by atoms with E-state index in [1.807, 2.05) is 0 Å². The molecule has 0 aromatic carbocycles. The summed E-state index contributed by atoms with van der Waals surface area (Å²) >= 11 is 2.07. The summed E-state index contributed by atoms with van der Waals surface area (Å²) in [5, 5.41) is 0. The van der Waals surface area contributed by atoms with E-state index in [0.717, 1.165) is 13.0 Å². The average Bonchev–Trinajstić information content (AvgIpc) is 2.20. The first-order chi connectivity index (χ1) is 6.86. The van der Waals surface area contributed by atoms with E-state index < -0.39 is 0 Å². The second kappa shape index (κ2) is 7.13. The van der Waals surface area contributed by atoms with Gasteiger partial charge in [0, 0.05) is 31.1 Å². The van der Waals surface area contributed by atoms with Crippen LogP contribution in [0.5, 0.6) is 0 Å². The van der Waals surface area contributed by atoms with Gasteiger partial charge >= 0.3 is 0 Å². The number of hydrogen-bond donors (Lipinski definition) is 0. The predicted octanol–water partition coefficient (Wildman–Crippen LogP) is 2.95. The summed E-state index contributed by atoms with van der Waals surface area (Å²) in [6, 6.07) is 0. The van der Waals surface area contributed by atoms with Crippen molar-refractivity contribution in [3.8, 4) is 0 Å². The van der Waals surface area contributed by atoms with Gasteiger partial charge in [-0.25, -0.2) is 0 Å². The van der Waals surface area contributed by atoms with Crippen LogP contribution in [0.25, 0.3) is 0 Å². The summed E-state index contributed by atoms with van der Waals surface area (Å²) in [6.45, 7) is 7.94. The van der Waals surface area contributed by atoms with Crippen LogP contribution in [-0.2, 0) is 0 Å². The molecular formula is C12H21NS. The van der Waals surface area contributed by atoms with Crippen LogP contribution < -0.4 is 0 Å². The Hall–Kier alpha value is -0.210. The maximum absolute atomic E-state index is 2.55. The largest absolute Gasteiger partial charge is 0.297 e. The number of hydrogen-bond acceptors (Lipinski definition) is 2. The monoisotopic (exact) mass is 211 g/mol. The van der Waals surface area contributed by atoms with Crippen molar-refractivity contribution in [1.29, 1.82) is 0 Å². The molecule has 1 heterocycles. The third kappa shape index (κ3) is 4.34. The van der Waals surface area contributed by atoms with Gasteiger partial charge in [-0.3, -0.25) is 4.90 Å². The van der Waals surface area contributed by atoms with Crippen LogP contribution >= 0.6 is 11.8 Å². The summed E-state index contributed by atoms with van der Waals surface area (Å²) in [7, 11) is 0. The van der Waals surface area contributed by atoms with Gasteiger partial charge in [0.05, 0.1) is 0 Å². The Morgan fingerprint density at radius 3 is 2.64 bits per heavy atom. The summed E-state index contributed by atoms with van der Waals surface area (Å²) in [5.74, 6) is 2.60. The molecule has 1 nitrogen and oxygen atoms in total. The van der Waals surface area contributed by atoms with E-state index in [4.69, 9.17) is 0 Å². The second-order valence-corrected chi connectivity index (χ2v) is 4.80. The summed E-state index contributed by atoms with van der Waals surface area (Å²) in [4.78, 5) is 2.55. The molecule has 0 unspecified atom stereocenters. The van der Waals surface area contributed by atoms with Crippen molar-refractivity contribution >= 4 is 11.8 Å². The lowest BCUT2D eigenvalue weighted by molar-refractivity contribution is 0.330. The predicted molar refractivity (Wildman–Crippen MR) is 67.0 cm³/mol. The van der Waals surface area contributed by atoms with E-state index >= 15 is 0 Å². The van der Waals surface area contributed by atoms with Crippen molar-refractivity contribution in [3.63, 3.8) is 0 Å². The highest BCUT2D eigenvalue weighted by Gasteiger charge is 2.10. The molecule has 0 atom stereocenters. The van der Waals surface area contributed by atoms with Crippen molar-refractivity contribution in [2.75, 3.05) is 31.1 Å². The lowest BCUT2D eigenvalue weighted by atomic mass is 10.2. The Morgan fingerprint density at radius 1 is 1.36 bits per heavy atom. The normalized spacial score (nSPS) is 20.6. The fourth-order valence-electron chi connectivity index (χ4n) is 1.68. The van der Waals surface area contributed by atoms with Gasteiger partial charge in [-0.1, -0.05) is 25.2 Å². The molecule has 0 saturated carbocycles. The van der Waals surface area contributed by atoms with Crippen molar-refractivity contribution < 1.29 is 0 Å². The molecule has 1 aliphatic rings.